The Balaban J connectivity index is 1.88. The van der Waals surface area contributed by atoms with Crippen LogP contribution < -0.4 is 0 Å². The quantitative estimate of drug-likeness (QED) is 0.693. The van der Waals surface area contributed by atoms with Gasteiger partial charge in [-0.3, -0.25) is 0 Å². The summed E-state index contributed by atoms with van der Waals surface area (Å²) in [5.41, 5.74) is 5.37. The van der Waals surface area contributed by atoms with E-state index in [1.807, 2.05) is 39.8 Å². The second-order valence-corrected chi connectivity index (χ2v) is 12.4. The lowest BCUT2D eigenvalue weighted by molar-refractivity contribution is 0.404. The van der Waals surface area contributed by atoms with Crippen molar-refractivity contribution in [3.63, 3.8) is 0 Å². The van der Waals surface area contributed by atoms with Crippen LogP contribution in [0.5, 0.6) is 0 Å². The predicted molar refractivity (Wildman–Crippen MR) is 123 cm³/mol. The second-order valence-electron chi connectivity index (χ2n) is 8.57. The Morgan fingerprint density at radius 2 is 0.839 bits per heavy atom. The van der Waals surface area contributed by atoms with Crippen LogP contribution in [-0.2, 0) is 20.0 Å². The van der Waals surface area contributed by atoms with E-state index in [2.05, 4.69) is 0 Å². The van der Waals surface area contributed by atoms with E-state index < -0.39 is 20.0 Å². The number of rotatable bonds is 4. The number of aryl methyl sites for hydroxylation is 6. The highest BCUT2D eigenvalue weighted by atomic mass is 32.2. The Morgan fingerprint density at radius 1 is 0.516 bits per heavy atom. The minimum Gasteiger partial charge on any atom is -0.207 e. The van der Waals surface area contributed by atoms with Crippen LogP contribution in [-0.4, -0.2) is 51.6 Å². The standard InChI is InChI=1S/C23H32N2O4S2/c1-16-12-20(5)22(14-18(16)3)30(26,27)24-8-7-9-25(11-10-24)31(28,29)23-15-19(4)17(2)13-21(23)6/h12-15H,7-11H2,1-6H3. The van der Waals surface area contributed by atoms with Crippen molar-refractivity contribution < 1.29 is 16.8 Å². The minimum absolute atomic E-state index is 0.137. The smallest absolute Gasteiger partial charge is 0.207 e. The average Bonchev–Trinajstić information content (AvgIpc) is 2.94. The van der Waals surface area contributed by atoms with E-state index >= 15 is 0 Å². The van der Waals surface area contributed by atoms with E-state index in [0.717, 1.165) is 22.3 Å². The van der Waals surface area contributed by atoms with Crippen LogP contribution in [0.25, 0.3) is 0 Å². The Labute approximate surface area is 187 Å². The molecule has 170 valence electrons. The first-order valence-electron chi connectivity index (χ1n) is 10.5. The van der Waals surface area contributed by atoms with Crippen molar-refractivity contribution >= 4 is 20.0 Å². The van der Waals surface area contributed by atoms with E-state index in [1.165, 1.54) is 8.61 Å². The maximum Gasteiger partial charge on any atom is 0.243 e. The van der Waals surface area contributed by atoms with Crippen molar-refractivity contribution in [2.75, 3.05) is 26.2 Å². The molecule has 3 rings (SSSR count). The summed E-state index contributed by atoms with van der Waals surface area (Å²) in [5, 5.41) is 0. The van der Waals surface area contributed by atoms with Crippen LogP contribution in [0.2, 0.25) is 0 Å². The van der Waals surface area contributed by atoms with Gasteiger partial charge in [0, 0.05) is 26.2 Å². The van der Waals surface area contributed by atoms with E-state index in [1.54, 1.807) is 26.0 Å². The van der Waals surface area contributed by atoms with Crippen LogP contribution >= 0.6 is 0 Å². The molecule has 1 saturated heterocycles. The summed E-state index contributed by atoms with van der Waals surface area (Å²) in [6.45, 7) is 12.2. The highest BCUT2D eigenvalue weighted by Gasteiger charge is 2.33. The van der Waals surface area contributed by atoms with E-state index in [4.69, 9.17) is 0 Å². The van der Waals surface area contributed by atoms with Crippen LogP contribution in [0, 0.1) is 41.5 Å². The molecule has 31 heavy (non-hydrogen) atoms. The van der Waals surface area contributed by atoms with Crippen LogP contribution in [0.1, 0.15) is 39.8 Å². The van der Waals surface area contributed by atoms with Gasteiger partial charge in [-0.15, -0.1) is 0 Å². The molecule has 0 N–H and O–H groups in total. The average molecular weight is 465 g/mol. The van der Waals surface area contributed by atoms with Crippen molar-refractivity contribution in [3.05, 3.63) is 57.6 Å². The zero-order valence-corrected chi connectivity index (χ0v) is 20.8. The van der Waals surface area contributed by atoms with Crippen molar-refractivity contribution in [1.29, 1.82) is 0 Å². The van der Waals surface area contributed by atoms with Gasteiger partial charge >= 0.3 is 0 Å². The van der Waals surface area contributed by atoms with Crippen molar-refractivity contribution in [2.24, 2.45) is 0 Å². The minimum atomic E-state index is -3.70. The summed E-state index contributed by atoms with van der Waals surface area (Å²) < 4.78 is 56.2. The summed E-state index contributed by atoms with van der Waals surface area (Å²) in [5.74, 6) is 0. The Morgan fingerprint density at radius 3 is 1.19 bits per heavy atom. The highest BCUT2D eigenvalue weighted by Crippen LogP contribution is 2.27. The first-order chi connectivity index (χ1) is 14.4. The molecule has 8 heteroatoms. The Hall–Kier alpha value is -1.74. The van der Waals surface area contributed by atoms with Gasteiger partial charge in [-0.2, -0.15) is 8.61 Å². The molecule has 2 aromatic carbocycles. The molecule has 2 aromatic rings. The first kappa shape index (κ1) is 23.9. The van der Waals surface area contributed by atoms with Crippen LogP contribution in [0.3, 0.4) is 0 Å². The summed E-state index contributed by atoms with van der Waals surface area (Å²) in [6, 6.07) is 7.22. The third kappa shape index (κ3) is 4.58. The summed E-state index contributed by atoms with van der Waals surface area (Å²) in [6.07, 6.45) is 0.451. The molecule has 0 amide bonds. The zero-order valence-electron chi connectivity index (χ0n) is 19.2. The van der Waals surface area contributed by atoms with E-state index in [9.17, 15) is 16.8 Å². The second kappa shape index (κ2) is 8.65. The molecule has 1 heterocycles. The normalized spacial score (nSPS) is 17.0. The topological polar surface area (TPSA) is 74.8 Å². The van der Waals surface area contributed by atoms with Crippen molar-refractivity contribution in [3.8, 4) is 0 Å². The van der Waals surface area contributed by atoms with Gasteiger partial charge in [-0.1, -0.05) is 12.1 Å². The number of nitrogens with zero attached hydrogens (tertiary/aromatic N) is 2. The van der Waals surface area contributed by atoms with Crippen molar-refractivity contribution in [2.45, 2.75) is 57.8 Å². The molecule has 0 bridgehead atoms. The van der Waals surface area contributed by atoms with Gasteiger partial charge in [0.05, 0.1) is 9.79 Å². The lowest BCUT2D eigenvalue weighted by Gasteiger charge is -2.23. The molecule has 0 atom stereocenters. The summed E-state index contributed by atoms with van der Waals surface area (Å²) in [4.78, 5) is 0.605. The number of sulfonamides is 2. The molecule has 0 saturated carbocycles. The van der Waals surface area contributed by atoms with Crippen LogP contribution in [0.4, 0.5) is 0 Å². The zero-order chi connectivity index (χ0) is 23.1. The fourth-order valence-corrected chi connectivity index (χ4v) is 7.58. The molecule has 0 unspecified atom stereocenters. The molecule has 0 aliphatic carbocycles. The summed E-state index contributed by atoms with van der Waals surface area (Å²) in [7, 11) is -7.40. The lowest BCUT2D eigenvalue weighted by Crippen LogP contribution is -2.37. The largest absolute Gasteiger partial charge is 0.243 e. The van der Waals surface area contributed by atoms with Gasteiger partial charge < -0.3 is 0 Å². The molecular formula is C23H32N2O4S2. The van der Waals surface area contributed by atoms with E-state index in [-0.39, 0.29) is 13.1 Å². The molecule has 0 aromatic heterocycles. The number of hydrogen-bond acceptors (Lipinski definition) is 4. The molecule has 0 radical (unpaired) electrons. The van der Waals surface area contributed by atoms with E-state index in [0.29, 0.717) is 40.4 Å². The maximum atomic E-state index is 13.3. The Bertz CT molecular complexity index is 1120. The van der Waals surface area contributed by atoms with Gasteiger partial charge in [0.15, 0.2) is 0 Å². The summed E-state index contributed by atoms with van der Waals surface area (Å²) >= 11 is 0. The van der Waals surface area contributed by atoms with Gasteiger partial charge in [-0.05, 0) is 93.5 Å². The van der Waals surface area contributed by atoms with Gasteiger partial charge in [0.25, 0.3) is 0 Å². The Kier molecular flexibility index (Phi) is 6.68. The molecule has 6 nitrogen and oxygen atoms in total. The third-order valence-corrected chi connectivity index (χ3v) is 10.3. The van der Waals surface area contributed by atoms with Gasteiger partial charge in [0.1, 0.15) is 0 Å². The first-order valence-corrected chi connectivity index (χ1v) is 13.4. The lowest BCUT2D eigenvalue weighted by atomic mass is 10.1. The SMILES string of the molecule is Cc1cc(C)c(S(=O)(=O)N2CCCN(S(=O)(=O)c3cc(C)c(C)cc3C)CC2)cc1C. The fraction of sp³-hybridized carbons (Fsp3) is 0.478. The molecule has 1 fully saturated rings. The number of benzene rings is 2. The third-order valence-electron chi connectivity index (χ3n) is 6.23. The molecule has 1 aliphatic rings. The maximum absolute atomic E-state index is 13.3. The van der Waals surface area contributed by atoms with Crippen molar-refractivity contribution in [1.82, 2.24) is 8.61 Å². The van der Waals surface area contributed by atoms with Gasteiger partial charge in [0.2, 0.25) is 20.0 Å². The molecular weight excluding hydrogens is 432 g/mol. The molecule has 0 spiro atoms. The van der Waals surface area contributed by atoms with Gasteiger partial charge in [-0.25, -0.2) is 16.8 Å². The predicted octanol–water partition coefficient (Wildman–Crippen LogP) is 3.62. The highest BCUT2D eigenvalue weighted by molar-refractivity contribution is 7.89. The monoisotopic (exact) mass is 464 g/mol. The fourth-order valence-electron chi connectivity index (χ4n) is 4.05. The number of hydrogen-bond donors (Lipinski definition) is 0. The van der Waals surface area contributed by atoms with Crippen LogP contribution in [0.15, 0.2) is 34.1 Å². The molecule has 1 aliphatic heterocycles.